The minimum Gasteiger partial charge on any atom is -0.497 e. The van der Waals surface area contributed by atoms with Crippen LogP contribution < -0.4 is 10.1 Å². The van der Waals surface area contributed by atoms with Gasteiger partial charge in [0.05, 0.1) is 24.0 Å². The lowest BCUT2D eigenvalue weighted by atomic mass is 9.85. The smallest absolute Gasteiger partial charge is 0.243 e. The maximum atomic E-state index is 13.6. The second kappa shape index (κ2) is 13.4. The van der Waals surface area contributed by atoms with E-state index in [9.17, 15) is 13.2 Å². The maximum Gasteiger partial charge on any atom is 0.243 e. The van der Waals surface area contributed by atoms with Gasteiger partial charge in [-0.3, -0.25) is 4.79 Å². The first-order valence-electron chi connectivity index (χ1n) is 13.2. The fourth-order valence-electron chi connectivity index (χ4n) is 5.14. The van der Waals surface area contributed by atoms with Crippen LogP contribution in [0.2, 0.25) is 0 Å². The van der Waals surface area contributed by atoms with Crippen LogP contribution in [-0.2, 0) is 26.0 Å². The Balaban J connectivity index is 1.81. The highest BCUT2D eigenvalue weighted by molar-refractivity contribution is 7.89. The van der Waals surface area contributed by atoms with Crippen LogP contribution in [0.15, 0.2) is 59.5 Å². The number of amides is 1. The Bertz CT molecular complexity index is 1080. The Labute approximate surface area is 222 Å². The molecule has 1 aliphatic carbocycles. The molecule has 37 heavy (non-hydrogen) atoms. The molecule has 3 rings (SSSR count). The van der Waals surface area contributed by atoms with E-state index in [2.05, 4.69) is 5.32 Å². The van der Waals surface area contributed by atoms with Crippen molar-refractivity contribution in [2.75, 3.05) is 33.9 Å². The van der Waals surface area contributed by atoms with Crippen LogP contribution >= 0.6 is 0 Å². The molecule has 1 saturated carbocycles. The van der Waals surface area contributed by atoms with Gasteiger partial charge in [0.1, 0.15) is 5.75 Å². The van der Waals surface area contributed by atoms with Crippen molar-refractivity contribution in [1.82, 2.24) is 9.62 Å². The lowest BCUT2D eigenvalue weighted by Gasteiger charge is -2.31. The SMILES string of the molecule is COCC1(C(=O)NC(CCN(CC(C)C)S(=O)(=O)c2ccc(OC)cc2)Cc2ccccc2)CCCC1. The van der Waals surface area contributed by atoms with Gasteiger partial charge in [-0.25, -0.2) is 8.42 Å². The number of hydrogen-bond acceptors (Lipinski definition) is 5. The molecule has 0 saturated heterocycles. The number of carbonyl (C=O) groups excluding carboxylic acids is 1. The zero-order valence-electron chi connectivity index (χ0n) is 22.6. The standard InChI is InChI=1S/C29H42N2O5S/c1-23(2)21-31(37(33,34)27-14-12-26(36-4)13-15-27)19-16-25(20-24-10-6-5-7-11-24)30-28(32)29(22-35-3)17-8-9-18-29/h5-7,10-15,23,25H,8-9,16-22H2,1-4H3,(H,30,32). The van der Waals surface area contributed by atoms with E-state index >= 15 is 0 Å². The zero-order valence-corrected chi connectivity index (χ0v) is 23.4. The van der Waals surface area contributed by atoms with E-state index in [-0.39, 0.29) is 22.8 Å². The Hall–Kier alpha value is -2.42. The highest BCUT2D eigenvalue weighted by Crippen LogP contribution is 2.38. The lowest BCUT2D eigenvalue weighted by molar-refractivity contribution is -0.134. The van der Waals surface area contributed by atoms with Gasteiger partial charge in [-0.05, 0) is 61.4 Å². The van der Waals surface area contributed by atoms with Crippen LogP contribution in [0.5, 0.6) is 5.75 Å². The number of nitrogens with zero attached hydrogens (tertiary/aromatic N) is 1. The van der Waals surface area contributed by atoms with E-state index in [1.807, 2.05) is 44.2 Å². The summed E-state index contributed by atoms with van der Waals surface area (Å²) < 4.78 is 39.4. The molecule has 1 aliphatic rings. The molecule has 0 spiro atoms. The molecule has 7 nitrogen and oxygen atoms in total. The lowest BCUT2D eigenvalue weighted by Crippen LogP contribution is -2.48. The van der Waals surface area contributed by atoms with Crippen molar-refractivity contribution >= 4 is 15.9 Å². The molecular formula is C29H42N2O5S. The Morgan fingerprint density at radius 3 is 2.24 bits per heavy atom. The summed E-state index contributed by atoms with van der Waals surface area (Å²) in [4.78, 5) is 13.8. The quantitative estimate of drug-likeness (QED) is 0.384. The number of carbonyl (C=O) groups is 1. The van der Waals surface area contributed by atoms with Crippen LogP contribution in [0, 0.1) is 11.3 Å². The van der Waals surface area contributed by atoms with E-state index < -0.39 is 15.4 Å². The summed E-state index contributed by atoms with van der Waals surface area (Å²) in [7, 11) is -0.514. The molecule has 0 heterocycles. The van der Waals surface area contributed by atoms with Gasteiger partial charge in [0.25, 0.3) is 0 Å². The highest BCUT2D eigenvalue weighted by Gasteiger charge is 2.42. The summed E-state index contributed by atoms with van der Waals surface area (Å²) in [5.41, 5.74) is 0.602. The normalized spacial score (nSPS) is 16.2. The molecule has 1 N–H and O–H groups in total. The predicted molar refractivity (Wildman–Crippen MR) is 146 cm³/mol. The maximum absolute atomic E-state index is 13.6. The summed E-state index contributed by atoms with van der Waals surface area (Å²) in [5.74, 6) is 0.775. The topological polar surface area (TPSA) is 84.9 Å². The molecule has 2 aromatic rings. The average molecular weight is 531 g/mol. The third-order valence-corrected chi connectivity index (χ3v) is 9.00. The van der Waals surface area contributed by atoms with Crippen molar-refractivity contribution in [3.63, 3.8) is 0 Å². The molecule has 0 bridgehead atoms. The minimum atomic E-state index is -3.71. The molecule has 1 amide bonds. The summed E-state index contributed by atoms with van der Waals surface area (Å²) >= 11 is 0. The number of methoxy groups -OCH3 is 2. The first kappa shape index (κ1) is 29.1. The number of benzene rings is 2. The third-order valence-electron chi connectivity index (χ3n) is 7.12. The van der Waals surface area contributed by atoms with Crippen LogP contribution in [0.25, 0.3) is 0 Å². The second-order valence-corrected chi connectivity index (χ2v) is 12.4. The van der Waals surface area contributed by atoms with Crippen LogP contribution in [-0.4, -0.2) is 58.6 Å². The molecule has 0 aliphatic heterocycles. The average Bonchev–Trinajstić information content (AvgIpc) is 3.37. The molecule has 0 aromatic heterocycles. The van der Waals surface area contributed by atoms with Crippen molar-refractivity contribution in [2.45, 2.75) is 63.3 Å². The fraction of sp³-hybridized carbons (Fsp3) is 0.552. The number of rotatable bonds is 14. The number of ether oxygens (including phenoxy) is 2. The highest BCUT2D eigenvalue weighted by atomic mass is 32.2. The van der Waals surface area contributed by atoms with Gasteiger partial charge in [0.15, 0.2) is 0 Å². The van der Waals surface area contributed by atoms with Gasteiger partial charge in [-0.15, -0.1) is 0 Å². The van der Waals surface area contributed by atoms with Crippen molar-refractivity contribution in [2.24, 2.45) is 11.3 Å². The molecule has 204 valence electrons. The van der Waals surface area contributed by atoms with E-state index in [4.69, 9.17) is 9.47 Å². The number of sulfonamides is 1. The van der Waals surface area contributed by atoms with E-state index in [0.717, 1.165) is 31.2 Å². The predicted octanol–water partition coefficient (Wildman–Crippen LogP) is 4.67. The summed E-state index contributed by atoms with van der Waals surface area (Å²) in [6.07, 6.45) is 4.80. The molecule has 0 radical (unpaired) electrons. The van der Waals surface area contributed by atoms with Gasteiger partial charge < -0.3 is 14.8 Å². The van der Waals surface area contributed by atoms with Crippen molar-refractivity contribution < 1.29 is 22.7 Å². The first-order chi connectivity index (χ1) is 17.7. The first-order valence-corrected chi connectivity index (χ1v) is 14.6. The molecule has 1 fully saturated rings. The van der Waals surface area contributed by atoms with Crippen molar-refractivity contribution in [3.05, 3.63) is 60.2 Å². The molecule has 2 aromatic carbocycles. The largest absolute Gasteiger partial charge is 0.497 e. The summed E-state index contributed by atoms with van der Waals surface area (Å²) in [6, 6.07) is 16.3. The zero-order chi connectivity index (χ0) is 26.9. The number of nitrogens with one attached hydrogen (secondary N) is 1. The molecule has 1 atom stereocenters. The van der Waals surface area contributed by atoms with Crippen molar-refractivity contribution in [3.8, 4) is 5.75 Å². The number of hydrogen-bond donors (Lipinski definition) is 1. The van der Waals surface area contributed by atoms with E-state index in [1.54, 1.807) is 42.8 Å². The van der Waals surface area contributed by atoms with Gasteiger partial charge in [0, 0.05) is 26.2 Å². The third kappa shape index (κ3) is 7.79. The minimum absolute atomic E-state index is 0.0150. The molecular weight excluding hydrogens is 488 g/mol. The molecule has 8 heteroatoms. The second-order valence-electron chi connectivity index (χ2n) is 10.5. The van der Waals surface area contributed by atoms with E-state index in [0.29, 0.717) is 38.3 Å². The molecule has 1 unspecified atom stereocenters. The van der Waals surface area contributed by atoms with Gasteiger partial charge in [-0.1, -0.05) is 57.0 Å². The summed E-state index contributed by atoms with van der Waals surface area (Å²) in [5, 5.41) is 3.29. The van der Waals surface area contributed by atoms with Gasteiger partial charge in [-0.2, -0.15) is 4.31 Å². The monoisotopic (exact) mass is 530 g/mol. The van der Waals surface area contributed by atoms with Crippen LogP contribution in [0.1, 0.15) is 51.5 Å². The Kier molecular flexibility index (Phi) is 10.6. The van der Waals surface area contributed by atoms with Crippen LogP contribution in [0.3, 0.4) is 0 Å². The summed E-state index contributed by atoms with van der Waals surface area (Å²) in [6.45, 7) is 5.13. The van der Waals surface area contributed by atoms with Crippen molar-refractivity contribution in [1.29, 1.82) is 0 Å². The fourth-order valence-corrected chi connectivity index (χ4v) is 6.76. The van der Waals surface area contributed by atoms with Gasteiger partial charge >= 0.3 is 0 Å². The Morgan fingerprint density at radius 2 is 1.68 bits per heavy atom. The van der Waals surface area contributed by atoms with Crippen LogP contribution in [0.4, 0.5) is 0 Å². The van der Waals surface area contributed by atoms with E-state index in [1.165, 1.54) is 0 Å². The Morgan fingerprint density at radius 1 is 1.03 bits per heavy atom. The van der Waals surface area contributed by atoms with Gasteiger partial charge in [0.2, 0.25) is 15.9 Å².